The summed E-state index contributed by atoms with van der Waals surface area (Å²) in [6.07, 6.45) is 4.75. The Labute approximate surface area is 74.2 Å². The van der Waals surface area contributed by atoms with Crippen LogP contribution in [-0.4, -0.2) is 37.7 Å². The van der Waals surface area contributed by atoms with Crippen LogP contribution in [0.2, 0.25) is 0 Å². The van der Waals surface area contributed by atoms with E-state index in [4.69, 9.17) is 4.74 Å². The molecule has 0 aromatic carbocycles. The first-order chi connectivity index (χ1) is 5.77. The Balaban J connectivity index is 1.99. The Morgan fingerprint density at radius 3 is 2.75 bits per heavy atom. The van der Waals surface area contributed by atoms with Crippen molar-refractivity contribution in [2.24, 2.45) is 11.8 Å². The topological polar surface area (TPSA) is 12.5 Å². The molecule has 3 unspecified atom stereocenters. The van der Waals surface area contributed by atoms with Gasteiger partial charge in [-0.05, 0) is 13.0 Å². The highest BCUT2D eigenvalue weighted by molar-refractivity contribution is 5.02. The molecule has 0 saturated carbocycles. The molecule has 12 heavy (non-hydrogen) atoms. The van der Waals surface area contributed by atoms with Crippen LogP contribution >= 0.6 is 0 Å². The molecule has 2 heteroatoms. The predicted octanol–water partition coefficient (Wildman–Crippen LogP) is 1.14. The first-order valence-electron chi connectivity index (χ1n) is 4.74. The first-order valence-corrected chi connectivity index (χ1v) is 4.74. The molecule has 0 radical (unpaired) electrons. The van der Waals surface area contributed by atoms with Crippen molar-refractivity contribution in [2.75, 3.05) is 26.7 Å². The van der Waals surface area contributed by atoms with Crippen molar-refractivity contribution in [3.05, 3.63) is 12.2 Å². The fourth-order valence-corrected chi connectivity index (χ4v) is 2.35. The van der Waals surface area contributed by atoms with Crippen LogP contribution in [0.25, 0.3) is 0 Å². The number of likely N-dealkylation sites (tertiary alicyclic amines) is 1. The zero-order valence-electron chi connectivity index (χ0n) is 7.86. The van der Waals surface area contributed by atoms with Gasteiger partial charge < -0.3 is 9.64 Å². The van der Waals surface area contributed by atoms with Crippen molar-refractivity contribution in [3.63, 3.8) is 0 Å². The molecular weight excluding hydrogens is 150 g/mol. The molecule has 0 N–H and O–H groups in total. The number of ether oxygens (including phenoxy) is 1. The second-order valence-corrected chi connectivity index (χ2v) is 4.09. The van der Waals surface area contributed by atoms with Crippen molar-refractivity contribution in [3.8, 4) is 0 Å². The lowest BCUT2D eigenvalue weighted by atomic mass is 9.92. The first kappa shape index (κ1) is 8.27. The van der Waals surface area contributed by atoms with E-state index in [0.717, 1.165) is 12.5 Å². The molecule has 2 aliphatic rings. The van der Waals surface area contributed by atoms with Gasteiger partial charge in [-0.2, -0.15) is 0 Å². The quantitative estimate of drug-likeness (QED) is 0.543. The van der Waals surface area contributed by atoms with E-state index in [-0.39, 0.29) is 0 Å². The highest BCUT2D eigenvalue weighted by atomic mass is 16.5. The van der Waals surface area contributed by atoms with Gasteiger partial charge in [0.2, 0.25) is 0 Å². The van der Waals surface area contributed by atoms with Crippen LogP contribution in [0.15, 0.2) is 12.2 Å². The van der Waals surface area contributed by atoms with Crippen molar-refractivity contribution in [2.45, 2.75) is 13.0 Å². The zero-order chi connectivity index (χ0) is 8.55. The molecule has 0 spiro atoms. The van der Waals surface area contributed by atoms with Gasteiger partial charge in [0.1, 0.15) is 0 Å². The lowest BCUT2D eigenvalue weighted by molar-refractivity contribution is 0.0721. The van der Waals surface area contributed by atoms with Gasteiger partial charge in [-0.1, -0.05) is 19.1 Å². The third-order valence-corrected chi connectivity index (χ3v) is 2.99. The SMILES string of the molecule is CC1CN(C)CC1C1C=CCO1. The molecule has 0 bridgehead atoms. The van der Waals surface area contributed by atoms with Crippen LogP contribution in [0, 0.1) is 11.8 Å². The van der Waals surface area contributed by atoms with Gasteiger partial charge in [0, 0.05) is 19.0 Å². The lowest BCUT2D eigenvalue weighted by Crippen LogP contribution is -2.25. The van der Waals surface area contributed by atoms with Gasteiger partial charge in [-0.15, -0.1) is 0 Å². The summed E-state index contributed by atoms with van der Waals surface area (Å²) in [5.74, 6) is 1.50. The summed E-state index contributed by atoms with van der Waals surface area (Å²) in [6.45, 7) is 5.55. The molecule has 0 amide bonds. The van der Waals surface area contributed by atoms with Crippen LogP contribution in [0.4, 0.5) is 0 Å². The second kappa shape index (κ2) is 3.19. The van der Waals surface area contributed by atoms with E-state index in [1.807, 2.05) is 0 Å². The maximum absolute atomic E-state index is 5.62. The van der Waals surface area contributed by atoms with Gasteiger partial charge in [0.05, 0.1) is 12.7 Å². The van der Waals surface area contributed by atoms with E-state index in [0.29, 0.717) is 12.0 Å². The third kappa shape index (κ3) is 1.41. The minimum Gasteiger partial charge on any atom is -0.370 e. The van der Waals surface area contributed by atoms with Crippen LogP contribution in [0.3, 0.4) is 0 Å². The predicted molar refractivity (Wildman–Crippen MR) is 49.0 cm³/mol. The fraction of sp³-hybridized carbons (Fsp3) is 0.800. The average molecular weight is 167 g/mol. The summed E-state index contributed by atoms with van der Waals surface area (Å²) in [7, 11) is 2.19. The molecule has 2 aliphatic heterocycles. The van der Waals surface area contributed by atoms with Crippen molar-refractivity contribution in [1.29, 1.82) is 0 Å². The Hall–Kier alpha value is -0.340. The number of rotatable bonds is 1. The van der Waals surface area contributed by atoms with Crippen molar-refractivity contribution in [1.82, 2.24) is 4.90 Å². The highest BCUT2D eigenvalue weighted by Gasteiger charge is 2.33. The summed E-state index contributed by atoms with van der Waals surface area (Å²) in [5, 5.41) is 0. The van der Waals surface area contributed by atoms with Crippen molar-refractivity contribution < 1.29 is 4.74 Å². The lowest BCUT2D eigenvalue weighted by Gasteiger charge is -2.19. The molecule has 3 atom stereocenters. The minimum absolute atomic E-state index is 0.393. The molecule has 2 heterocycles. The van der Waals surface area contributed by atoms with Gasteiger partial charge >= 0.3 is 0 Å². The summed E-state index contributed by atoms with van der Waals surface area (Å²) in [6, 6.07) is 0. The van der Waals surface area contributed by atoms with Gasteiger partial charge in [0.15, 0.2) is 0 Å². The summed E-state index contributed by atoms with van der Waals surface area (Å²) < 4.78 is 5.62. The molecule has 2 rings (SSSR count). The normalized spacial score (nSPS) is 42.7. The minimum atomic E-state index is 0.393. The molecule has 0 aromatic heterocycles. The molecule has 0 aromatic rings. The monoisotopic (exact) mass is 167 g/mol. The van der Waals surface area contributed by atoms with Crippen LogP contribution < -0.4 is 0 Å². The molecule has 1 saturated heterocycles. The van der Waals surface area contributed by atoms with Crippen molar-refractivity contribution >= 4 is 0 Å². The smallest absolute Gasteiger partial charge is 0.0804 e. The number of nitrogens with zero attached hydrogens (tertiary/aromatic N) is 1. The van der Waals surface area contributed by atoms with E-state index in [1.165, 1.54) is 13.1 Å². The maximum atomic E-state index is 5.62. The molecule has 0 aliphatic carbocycles. The van der Waals surface area contributed by atoms with Crippen LogP contribution in [0.5, 0.6) is 0 Å². The number of hydrogen-bond donors (Lipinski definition) is 0. The zero-order valence-corrected chi connectivity index (χ0v) is 7.86. The van der Waals surface area contributed by atoms with Gasteiger partial charge in [0.25, 0.3) is 0 Å². The second-order valence-electron chi connectivity index (χ2n) is 4.09. The van der Waals surface area contributed by atoms with Crippen LogP contribution in [-0.2, 0) is 4.74 Å². The Kier molecular flexibility index (Phi) is 2.20. The van der Waals surface area contributed by atoms with Gasteiger partial charge in [-0.25, -0.2) is 0 Å². The van der Waals surface area contributed by atoms with E-state index in [2.05, 4.69) is 31.0 Å². The molecular formula is C10H17NO. The third-order valence-electron chi connectivity index (χ3n) is 2.99. The van der Waals surface area contributed by atoms with E-state index in [1.54, 1.807) is 0 Å². The summed E-state index contributed by atoms with van der Waals surface area (Å²) >= 11 is 0. The van der Waals surface area contributed by atoms with E-state index < -0.39 is 0 Å². The Bertz CT molecular complexity index is 190. The van der Waals surface area contributed by atoms with Gasteiger partial charge in [-0.3, -0.25) is 0 Å². The maximum Gasteiger partial charge on any atom is 0.0804 e. The Morgan fingerprint density at radius 1 is 1.42 bits per heavy atom. The summed E-state index contributed by atoms with van der Waals surface area (Å²) in [5.41, 5.74) is 0. The van der Waals surface area contributed by atoms with E-state index in [9.17, 15) is 0 Å². The standard InChI is InChI=1S/C10H17NO/c1-8-6-11(2)7-9(8)10-4-3-5-12-10/h3-4,8-10H,5-7H2,1-2H3. The fourth-order valence-electron chi connectivity index (χ4n) is 2.35. The average Bonchev–Trinajstić information content (AvgIpc) is 2.58. The molecule has 68 valence electrons. The largest absolute Gasteiger partial charge is 0.370 e. The Morgan fingerprint density at radius 2 is 2.25 bits per heavy atom. The highest BCUT2D eigenvalue weighted by Crippen LogP contribution is 2.28. The molecule has 1 fully saturated rings. The molecule has 2 nitrogen and oxygen atoms in total. The summed E-state index contributed by atoms with van der Waals surface area (Å²) in [4.78, 5) is 2.39. The van der Waals surface area contributed by atoms with E-state index >= 15 is 0 Å². The van der Waals surface area contributed by atoms with Crippen LogP contribution in [0.1, 0.15) is 6.92 Å². The number of hydrogen-bond acceptors (Lipinski definition) is 2.